The summed E-state index contributed by atoms with van der Waals surface area (Å²) >= 11 is 0. The molecule has 4 nitrogen and oxygen atoms in total. The summed E-state index contributed by atoms with van der Waals surface area (Å²) in [6, 6.07) is 24.7. The van der Waals surface area contributed by atoms with Gasteiger partial charge in [-0.05, 0) is 58.0 Å². The molecule has 0 aliphatic carbocycles. The fourth-order valence-electron chi connectivity index (χ4n) is 3.71. The van der Waals surface area contributed by atoms with Crippen LogP contribution in [0.5, 0.6) is 0 Å². The summed E-state index contributed by atoms with van der Waals surface area (Å²) in [6.07, 6.45) is 5.47. The monoisotopic (exact) mass is 394 g/mol. The Morgan fingerprint density at radius 2 is 1.70 bits per heavy atom. The van der Waals surface area contributed by atoms with E-state index in [0.717, 1.165) is 40.1 Å². The van der Waals surface area contributed by atoms with Crippen molar-refractivity contribution >= 4 is 34.1 Å². The normalized spacial score (nSPS) is 12.3. The number of hydrogen-bond acceptors (Lipinski definition) is 2. The van der Waals surface area contributed by atoms with Crippen LogP contribution in [0.15, 0.2) is 85.1 Å². The number of hydrogen-bond donors (Lipinski definition) is 2. The summed E-state index contributed by atoms with van der Waals surface area (Å²) in [6.45, 7) is 2.17. The van der Waals surface area contributed by atoms with Crippen LogP contribution in [-0.2, 0) is 4.79 Å². The van der Waals surface area contributed by atoms with E-state index in [2.05, 4.69) is 71.7 Å². The van der Waals surface area contributed by atoms with Gasteiger partial charge < -0.3 is 5.11 Å². The smallest absolute Gasteiger partial charge is 0.328 e. The lowest BCUT2D eigenvalue weighted by Gasteiger charge is -2.16. The van der Waals surface area contributed by atoms with Crippen molar-refractivity contribution < 1.29 is 9.90 Å². The number of aliphatic carboxylic acids is 1. The molecule has 4 aromatic rings. The molecule has 0 unspecified atom stereocenters. The molecule has 0 fully saturated rings. The van der Waals surface area contributed by atoms with Crippen molar-refractivity contribution in [3.63, 3.8) is 0 Å². The Kier molecular flexibility index (Phi) is 5.57. The number of rotatable bonds is 6. The standard InChI is InChI=1S/C26H22N2O2/c1-2-23(19-6-4-3-5-7-19)26(21-13-14-24-22(16-21)17-27-28-24)20-11-8-18(9-12-20)10-15-25(29)30/h3-17H,2H2,1H3,(H,27,28)(H,29,30)/b15-10+,26-23+. The topological polar surface area (TPSA) is 66.0 Å². The minimum Gasteiger partial charge on any atom is -0.478 e. The van der Waals surface area contributed by atoms with Crippen molar-refractivity contribution in [1.29, 1.82) is 0 Å². The number of carboxylic acids is 1. The third kappa shape index (κ3) is 4.08. The van der Waals surface area contributed by atoms with Gasteiger partial charge in [-0.3, -0.25) is 5.10 Å². The van der Waals surface area contributed by atoms with Gasteiger partial charge in [0.1, 0.15) is 0 Å². The first-order valence-corrected chi connectivity index (χ1v) is 9.89. The number of nitrogens with zero attached hydrogens (tertiary/aromatic N) is 1. The first-order chi connectivity index (χ1) is 14.7. The average Bonchev–Trinajstić information content (AvgIpc) is 3.25. The Balaban J connectivity index is 1.89. The van der Waals surface area contributed by atoms with Gasteiger partial charge in [-0.1, -0.05) is 67.6 Å². The molecule has 0 aliphatic heterocycles. The van der Waals surface area contributed by atoms with Crippen LogP contribution in [0.1, 0.15) is 35.6 Å². The Bertz CT molecular complexity index is 1230. The number of fused-ring (bicyclic) bond motifs is 1. The molecule has 1 aromatic heterocycles. The number of aromatic amines is 1. The van der Waals surface area contributed by atoms with E-state index < -0.39 is 5.97 Å². The maximum Gasteiger partial charge on any atom is 0.328 e. The molecule has 1 heterocycles. The fourth-order valence-corrected chi connectivity index (χ4v) is 3.71. The number of H-pyrrole nitrogens is 1. The van der Waals surface area contributed by atoms with E-state index in [9.17, 15) is 4.79 Å². The van der Waals surface area contributed by atoms with Gasteiger partial charge in [-0.25, -0.2) is 4.79 Å². The maximum absolute atomic E-state index is 10.8. The summed E-state index contributed by atoms with van der Waals surface area (Å²) < 4.78 is 0. The van der Waals surface area contributed by atoms with Crippen LogP contribution in [0.25, 0.3) is 28.1 Å². The third-order valence-corrected chi connectivity index (χ3v) is 5.12. The first-order valence-electron chi connectivity index (χ1n) is 9.89. The molecule has 0 bridgehead atoms. The van der Waals surface area contributed by atoms with Crippen LogP contribution in [0, 0.1) is 0 Å². The lowest BCUT2D eigenvalue weighted by atomic mass is 9.87. The van der Waals surface area contributed by atoms with E-state index in [1.807, 2.05) is 24.4 Å². The zero-order valence-electron chi connectivity index (χ0n) is 16.7. The minimum atomic E-state index is -0.953. The predicted octanol–water partition coefficient (Wildman–Crippen LogP) is 6.03. The number of carboxylic acid groups (broad SMARTS) is 1. The molecular formula is C26H22N2O2. The molecule has 3 aromatic carbocycles. The second kappa shape index (κ2) is 8.62. The highest BCUT2D eigenvalue weighted by atomic mass is 16.4. The Morgan fingerprint density at radius 1 is 0.967 bits per heavy atom. The summed E-state index contributed by atoms with van der Waals surface area (Å²) in [7, 11) is 0. The lowest BCUT2D eigenvalue weighted by Crippen LogP contribution is -1.95. The molecule has 0 aliphatic rings. The van der Waals surface area contributed by atoms with Gasteiger partial charge in [-0.15, -0.1) is 0 Å². The van der Waals surface area contributed by atoms with E-state index >= 15 is 0 Å². The lowest BCUT2D eigenvalue weighted by molar-refractivity contribution is -0.131. The zero-order valence-corrected chi connectivity index (χ0v) is 16.7. The maximum atomic E-state index is 10.8. The van der Waals surface area contributed by atoms with Gasteiger partial charge in [0.05, 0.1) is 11.7 Å². The second-order valence-electron chi connectivity index (χ2n) is 7.04. The van der Waals surface area contributed by atoms with Crippen molar-refractivity contribution in [2.24, 2.45) is 0 Å². The fraction of sp³-hybridized carbons (Fsp3) is 0.0769. The molecule has 4 rings (SSSR count). The SMILES string of the molecule is CC/C(=C(/c1ccc(/C=C/C(=O)O)cc1)c1ccc2[nH]ncc2c1)c1ccccc1. The molecule has 0 radical (unpaired) electrons. The van der Waals surface area contributed by atoms with Gasteiger partial charge in [0.2, 0.25) is 0 Å². The number of nitrogens with one attached hydrogen (secondary N) is 1. The highest BCUT2D eigenvalue weighted by Gasteiger charge is 2.14. The molecule has 0 amide bonds. The van der Waals surface area contributed by atoms with Gasteiger partial charge >= 0.3 is 5.97 Å². The van der Waals surface area contributed by atoms with E-state index in [1.54, 1.807) is 6.08 Å². The molecule has 0 spiro atoms. The number of carbonyl (C=O) groups is 1. The Morgan fingerprint density at radius 3 is 2.40 bits per heavy atom. The van der Waals surface area contributed by atoms with Gasteiger partial charge in [0.25, 0.3) is 0 Å². The summed E-state index contributed by atoms with van der Waals surface area (Å²) in [5.74, 6) is -0.953. The molecule has 2 N–H and O–H groups in total. The number of allylic oxidation sites excluding steroid dienone is 1. The molecule has 148 valence electrons. The summed E-state index contributed by atoms with van der Waals surface area (Å²) in [5.41, 5.74) is 7.68. The van der Waals surface area contributed by atoms with Gasteiger partial charge in [0.15, 0.2) is 0 Å². The van der Waals surface area contributed by atoms with Crippen molar-refractivity contribution in [2.75, 3.05) is 0 Å². The van der Waals surface area contributed by atoms with Crippen molar-refractivity contribution in [3.05, 3.63) is 107 Å². The highest BCUT2D eigenvalue weighted by Crippen LogP contribution is 2.35. The first kappa shape index (κ1) is 19.4. The second-order valence-corrected chi connectivity index (χ2v) is 7.04. The van der Waals surface area contributed by atoms with Crippen LogP contribution in [-0.4, -0.2) is 21.3 Å². The van der Waals surface area contributed by atoms with E-state index in [4.69, 9.17) is 5.11 Å². The van der Waals surface area contributed by atoms with Crippen LogP contribution >= 0.6 is 0 Å². The largest absolute Gasteiger partial charge is 0.478 e. The Hall–Kier alpha value is -3.92. The Labute approximate surface area is 175 Å². The molecule has 4 heteroatoms. The molecule has 30 heavy (non-hydrogen) atoms. The van der Waals surface area contributed by atoms with Crippen molar-refractivity contribution in [2.45, 2.75) is 13.3 Å². The molecular weight excluding hydrogens is 372 g/mol. The third-order valence-electron chi connectivity index (χ3n) is 5.12. The van der Waals surface area contributed by atoms with Crippen molar-refractivity contribution in [1.82, 2.24) is 10.2 Å². The molecule has 0 saturated heterocycles. The molecule has 0 atom stereocenters. The van der Waals surface area contributed by atoms with E-state index in [1.165, 1.54) is 16.7 Å². The van der Waals surface area contributed by atoms with Crippen molar-refractivity contribution in [3.8, 4) is 0 Å². The van der Waals surface area contributed by atoms with Crippen LogP contribution in [0.3, 0.4) is 0 Å². The van der Waals surface area contributed by atoms with Gasteiger partial charge in [-0.2, -0.15) is 5.10 Å². The van der Waals surface area contributed by atoms with E-state index in [0.29, 0.717) is 0 Å². The predicted molar refractivity (Wildman–Crippen MR) is 122 cm³/mol. The number of benzene rings is 3. The average molecular weight is 394 g/mol. The number of aromatic nitrogens is 2. The minimum absolute atomic E-state index is 0.851. The highest BCUT2D eigenvalue weighted by molar-refractivity contribution is 6.00. The zero-order chi connectivity index (χ0) is 20.9. The summed E-state index contributed by atoms with van der Waals surface area (Å²) in [4.78, 5) is 10.8. The van der Waals surface area contributed by atoms with Gasteiger partial charge in [0, 0.05) is 11.5 Å². The molecule has 0 saturated carbocycles. The van der Waals surface area contributed by atoms with Crippen LogP contribution in [0.2, 0.25) is 0 Å². The summed E-state index contributed by atoms with van der Waals surface area (Å²) in [5, 5.41) is 17.1. The van der Waals surface area contributed by atoms with Crippen LogP contribution in [0.4, 0.5) is 0 Å². The van der Waals surface area contributed by atoms with E-state index in [-0.39, 0.29) is 0 Å². The quantitative estimate of drug-likeness (QED) is 0.310. The van der Waals surface area contributed by atoms with Crippen LogP contribution < -0.4 is 0 Å².